The van der Waals surface area contributed by atoms with E-state index in [1.165, 1.54) is 58.3 Å². The lowest BCUT2D eigenvalue weighted by Gasteiger charge is -2.18. The molecule has 0 aliphatic heterocycles. The Balaban J connectivity index is 1.23. The molecule has 0 amide bonds. The summed E-state index contributed by atoms with van der Waals surface area (Å²) in [7, 11) is 0. The smallest absolute Gasteiger partial charge is 0.128 e. The van der Waals surface area contributed by atoms with E-state index >= 15 is 0 Å². The Morgan fingerprint density at radius 3 is 1.98 bits per heavy atom. The van der Waals surface area contributed by atoms with Crippen molar-refractivity contribution in [2.24, 2.45) is 10.7 Å². The molecular formula is C43H32N4S. The third kappa shape index (κ3) is 4.75. The lowest BCUT2D eigenvalue weighted by Crippen LogP contribution is -2.24. The number of benzene rings is 7. The predicted molar refractivity (Wildman–Crippen MR) is 204 cm³/mol. The minimum atomic E-state index is -0.323. The second-order valence-corrected chi connectivity index (χ2v) is 13.2. The number of thiophene rings is 1. The van der Waals surface area contributed by atoms with Gasteiger partial charge in [0.1, 0.15) is 12.0 Å². The number of aromatic nitrogens is 1. The molecule has 0 saturated heterocycles. The van der Waals surface area contributed by atoms with Crippen LogP contribution in [-0.4, -0.2) is 10.4 Å². The molecule has 4 nitrogen and oxygen atoms in total. The number of hydrogen-bond donors (Lipinski definition) is 2. The van der Waals surface area contributed by atoms with Crippen molar-refractivity contribution >= 4 is 69.9 Å². The summed E-state index contributed by atoms with van der Waals surface area (Å²) in [4.78, 5) is 5.00. The second-order valence-electron chi connectivity index (χ2n) is 12.2. The van der Waals surface area contributed by atoms with E-state index in [9.17, 15) is 0 Å². The van der Waals surface area contributed by atoms with Crippen molar-refractivity contribution in [1.82, 2.24) is 9.88 Å². The molecule has 7 aromatic carbocycles. The summed E-state index contributed by atoms with van der Waals surface area (Å²) in [6.07, 6.45) is -0.323. The Labute approximate surface area is 282 Å². The molecule has 1 unspecified atom stereocenters. The number of rotatable bonds is 7. The quantitative estimate of drug-likeness (QED) is 0.135. The van der Waals surface area contributed by atoms with Crippen molar-refractivity contribution in [2.75, 3.05) is 0 Å². The van der Waals surface area contributed by atoms with Crippen LogP contribution in [0.25, 0.3) is 58.4 Å². The maximum atomic E-state index is 6.57. The highest BCUT2D eigenvalue weighted by Gasteiger charge is 2.22. The van der Waals surface area contributed by atoms with Crippen molar-refractivity contribution in [3.63, 3.8) is 0 Å². The van der Waals surface area contributed by atoms with Crippen LogP contribution in [-0.2, 0) is 6.54 Å². The van der Waals surface area contributed by atoms with E-state index in [1.807, 2.05) is 47.7 Å². The Bertz CT molecular complexity index is 2620. The molecule has 1 atom stereocenters. The van der Waals surface area contributed by atoms with Crippen molar-refractivity contribution in [1.29, 1.82) is 0 Å². The summed E-state index contributed by atoms with van der Waals surface area (Å²) < 4.78 is 5.07. The highest BCUT2D eigenvalue weighted by molar-refractivity contribution is 7.27. The molecule has 9 rings (SSSR count). The van der Waals surface area contributed by atoms with Crippen LogP contribution < -0.4 is 11.1 Å². The first kappa shape index (κ1) is 28.5. The molecule has 0 aliphatic rings. The van der Waals surface area contributed by atoms with E-state index in [2.05, 4.69) is 131 Å². The average Bonchev–Trinajstić information content (AvgIpc) is 3.71. The van der Waals surface area contributed by atoms with Crippen LogP contribution >= 0.6 is 11.3 Å². The summed E-state index contributed by atoms with van der Waals surface area (Å²) in [6, 6.07) is 55.6. The molecule has 0 bridgehead atoms. The Kier molecular flexibility index (Phi) is 7.00. The zero-order valence-corrected chi connectivity index (χ0v) is 27.0. The molecule has 2 aromatic heterocycles. The molecule has 230 valence electrons. The van der Waals surface area contributed by atoms with Crippen molar-refractivity contribution in [3.8, 4) is 5.69 Å². The minimum absolute atomic E-state index is 0.323. The van der Waals surface area contributed by atoms with Gasteiger partial charge in [0.25, 0.3) is 0 Å². The number of nitrogens with one attached hydrogen (secondary N) is 1. The van der Waals surface area contributed by atoms with Crippen LogP contribution in [0.5, 0.6) is 0 Å². The predicted octanol–water partition coefficient (Wildman–Crippen LogP) is 10.5. The van der Waals surface area contributed by atoms with Crippen molar-refractivity contribution in [2.45, 2.75) is 12.7 Å². The first-order chi connectivity index (χ1) is 23.7. The molecule has 0 aliphatic carbocycles. The molecular weight excluding hydrogens is 605 g/mol. The fourth-order valence-electron chi connectivity index (χ4n) is 7.07. The van der Waals surface area contributed by atoms with E-state index in [-0.39, 0.29) is 6.17 Å². The Morgan fingerprint density at radius 1 is 0.625 bits per heavy atom. The minimum Gasteiger partial charge on any atom is -0.383 e. The molecule has 5 heteroatoms. The van der Waals surface area contributed by atoms with Gasteiger partial charge >= 0.3 is 0 Å². The number of nitrogens with zero attached hydrogens (tertiary/aromatic N) is 2. The lowest BCUT2D eigenvalue weighted by atomic mass is 9.99. The fourth-order valence-corrected chi connectivity index (χ4v) is 8.33. The lowest BCUT2D eigenvalue weighted by molar-refractivity contribution is 0.554. The first-order valence-electron chi connectivity index (χ1n) is 16.3. The van der Waals surface area contributed by atoms with Gasteiger partial charge in [-0.3, -0.25) is 5.32 Å². The highest BCUT2D eigenvalue weighted by Crippen LogP contribution is 2.47. The van der Waals surface area contributed by atoms with E-state index in [4.69, 9.17) is 10.7 Å². The standard InChI is InChI=1S/C43H32N4S/c44-42(29-15-5-2-6-16-29)46-43(45-27-28-13-3-1-4-14-28)30-23-25-31(26-24-30)47-36-21-11-9-19-34(36)38-32-17-7-8-18-33(32)39-35-20-10-12-22-37(35)48-41(39)40(38)47/h1-26,43,45H,27H2,(H2,44,46). The molecule has 3 N–H and O–H groups in total. The topological polar surface area (TPSA) is 55.3 Å². The third-order valence-electron chi connectivity index (χ3n) is 9.30. The van der Waals surface area contributed by atoms with Gasteiger partial charge in [-0.15, -0.1) is 11.3 Å². The van der Waals surface area contributed by atoms with Gasteiger partial charge in [-0.1, -0.05) is 133 Å². The van der Waals surface area contributed by atoms with Crippen molar-refractivity contribution in [3.05, 3.63) is 174 Å². The SMILES string of the molecule is NC(=NC(NCc1ccccc1)c1ccc(-n2c3ccccc3c3c4ccccc4c4c5ccccc5sc4c32)cc1)c1ccccc1. The molecule has 0 spiro atoms. The van der Waals surface area contributed by atoms with Gasteiger partial charge in [0.2, 0.25) is 0 Å². The summed E-state index contributed by atoms with van der Waals surface area (Å²) in [5, 5.41) is 11.4. The Hall–Kier alpha value is -5.75. The van der Waals surface area contributed by atoms with Crippen LogP contribution in [0, 0.1) is 0 Å². The molecule has 2 heterocycles. The molecule has 48 heavy (non-hydrogen) atoms. The highest BCUT2D eigenvalue weighted by atomic mass is 32.1. The van der Waals surface area contributed by atoms with Gasteiger partial charge < -0.3 is 10.3 Å². The first-order valence-corrected chi connectivity index (χ1v) is 17.1. The van der Waals surface area contributed by atoms with Gasteiger partial charge in [0, 0.05) is 44.0 Å². The zero-order chi connectivity index (χ0) is 32.0. The third-order valence-corrected chi connectivity index (χ3v) is 10.5. The van der Waals surface area contributed by atoms with Crippen LogP contribution in [0.4, 0.5) is 0 Å². The van der Waals surface area contributed by atoms with E-state index in [0.29, 0.717) is 12.4 Å². The van der Waals surface area contributed by atoms with Gasteiger partial charge in [-0.05, 0) is 46.2 Å². The molecule has 0 saturated carbocycles. The largest absolute Gasteiger partial charge is 0.383 e. The van der Waals surface area contributed by atoms with Crippen molar-refractivity contribution < 1.29 is 0 Å². The van der Waals surface area contributed by atoms with Gasteiger partial charge in [-0.2, -0.15) is 0 Å². The van der Waals surface area contributed by atoms with Crippen LogP contribution in [0.15, 0.2) is 163 Å². The summed E-state index contributed by atoms with van der Waals surface area (Å²) in [5.74, 6) is 0.506. The number of nitrogens with two attached hydrogens (primary N) is 1. The maximum absolute atomic E-state index is 6.57. The average molecular weight is 637 g/mol. The normalized spacial score (nSPS) is 12.9. The van der Waals surface area contributed by atoms with Gasteiger partial charge in [0.05, 0.1) is 15.7 Å². The van der Waals surface area contributed by atoms with E-state index in [1.54, 1.807) is 0 Å². The van der Waals surface area contributed by atoms with Crippen LogP contribution in [0.2, 0.25) is 0 Å². The van der Waals surface area contributed by atoms with E-state index < -0.39 is 0 Å². The maximum Gasteiger partial charge on any atom is 0.128 e. The summed E-state index contributed by atoms with van der Waals surface area (Å²) in [5.41, 5.74) is 13.3. The second kappa shape index (κ2) is 11.8. The fraction of sp³-hybridized carbons (Fsp3) is 0.0465. The van der Waals surface area contributed by atoms with Crippen LogP contribution in [0.1, 0.15) is 22.9 Å². The van der Waals surface area contributed by atoms with Crippen LogP contribution in [0.3, 0.4) is 0 Å². The summed E-state index contributed by atoms with van der Waals surface area (Å²) in [6.45, 7) is 0.669. The number of hydrogen-bond acceptors (Lipinski definition) is 3. The number of fused-ring (bicyclic) bond motifs is 10. The van der Waals surface area contributed by atoms with Gasteiger partial charge in [0.15, 0.2) is 0 Å². The zero-order valence-electron chi connectivity index (χ0n) is 26.2. The molecule has 0 fully saturated rings. The molecule has 9 aromatic rings. The molecule has 0 radical (unpaired) electrons. The number of amidine groups is 1. The van der Waals surface area contributed by atoms with Gasteiger partial charge in [-0.25, -0.2) is 4.99 Å². The number of para-hydroxylation sites is 1. The monoisotopic (exact) mass is 636 g/mol. The van der Waals surface area contributed by atoms with E-state index in [0.717, 1.165) is 16.8 Å². The summed E-state index contributed by atoms with van der Waals surface area (Å²) >= 11 is 1.88. The Morgan fingerprint density at radius 2 is 1.23 bits per heavy atom. The number of aliphatic imine (C=N–C) groups is 1.